The van der Waals surface area contributed by atoms with Crippen LogP contribution >= 0.6 is 23.2 Å². The summed E-state index contributed by atoms with van der Waals surface area (Å²) in [7, 11) is 2.43. The Morgan fingerprint density at radius 2 is 1.89 bits per heavy atom. The summed E-state index contributed by atoms with van der Waals surface area (Å²) in [5.41, 5.74) is -1.16. The van der Waals surface area contributed by atoms with Crippen LogP contribution in [0.15, 0.2) is 48.5 Å². The summed E-state index contributed by atoms with van der Waals surface area (Å²) in [6, 6.07) is 11.3. The smallest absolute Gasteiger partial charge is 0.341 e. The average Bonchev–Trinajstić information content (AvgIpc) is 3.77. The first-order valence-corrected chi connectivity index (χ1v) is 15.9. The van der Waals surface area contributed by atoms with E-state index in [1.807, 2.05) is 0 Å². The number of nitrogens with zero attached hydrogens (tertiary/aromatic N) is 3. The molecule has 3 aliphatic heterocycles. The molecule has 244 valence electrons. The fourth-order valence-corrected chi connectivity index (χ4v) is 8.18. The molecule has 0 aromatic heterocycles. The number of piperidine rings is 1. The maximum atomic E-state index is 16.2. The van der Waals surface area contributed by atoms with Crippen molar-refractivity contribution in [3.05, 3.63) is 91.2 Å². The SMILES string of the molecule is COC(=O)c1cc([N+](=O)[O-])c(N2CC[C@H]3[C@@H](C2=O)[C@H](c2cccc(Cl)c2F)[C@]2(C(=O)Nc4cc(Cl)ccc42)N3CC2CC2)cc1OC. The van der Waals surface area contributed by atoms with E-state index in [4.69, 9.17) is 32.7 Å². The minimum absolute atomic E-state index is 0.0240. The molecule has 47 heavy (non-hydrogen) atoms. The number of benzene rings is 3. The summed E-state index contributed by atoms with van der Waals surface area (Å²) < 4.78 is 26.4. The van der Waals surface area contributed by atoms with Gasteiger partial charge in [-0.3, -0.25) is 24.6 Å². The molecule has 3 aromatic rings. The van der Waals surface area contributed by atoms with Crippen LogP contribution in [0.5, 0.6) is 5.75 Å². The second-order valence-corrected chi connectivity index (χ2v) is 13.1. The molecule has 3 heterocycles. The van der Waals surface area contributed by atoms with E-state index in [9.17, 15) is 24.5 Å². The number of carbonyl (C=O) groups excluding carboxylic acids is 3. The first kappa shape index (κ1) is 31.3. The van der Waals surface area contributed by atoms with E-state index < -0.39 is 57.6 Å². The van der Waals surface area contributed by atoms with Crippen LogP contribution in [0.25, 0.3) is 0 Å². The number of hydrogen-bond acceptors (Lipinski definition) is 8. The average molecular weight is 684 g/mol. The molecule has 4 aliphatic rings. The van der Waals surface area contributed by atoms with Gasteiger partial charge < -0.3 is 19.7 Å². The van der Waals surface area contributed by atoms with Gasteiger partial charge in [-0.15, -0.1) is 0 Å². The summed E-state index contributed by atoms with van der Waals surface area (Å²) in [6.45, 7) is 0.545. The fourth-order valence-electron chi connectivity index (χ4n) is 7.83. The zero-order valence-corrected chi connectivity index (χ0v) is 26.8. The van der Waals surface area contributed by atoms with Crippen molar-refractivity contribution in [3.8, 4) is 5.75 Å². The molecule has 1 spiro atoms. The normalized spacial score (nSPS) is 25.0. The van der Waals surface area contributed by atoms with Crippen LogP contribution in [-0.4, -0.2) is 61.0 Å². The number of likely N-dealkylation sites (tertiary alicyclic amines) is 1. The molecule has 4 atom stereocenters. The molecule has 0 unspecified atom stereocenters. The molecule has 0 bridgehead atoms. The highest BCUT2D eigenvalue weighted by atomic mass is 35.5. The summed E-state index contributed by atoms with van der Waals surface area (Å²) in [6.07, 6.45) is 2.22. The Labute approximate surface area is 278 Å². The second-order valence-electron chi connectivity index (χ2n) is 12.3. The van der Waals surface area contributed by atoms with Crippen LogP contribution in [0.4, 0.5) is 21.5 Å². The minimum Gasteiger partial charge on any atom is -0.496 e. The number of nitro groups is 1. The number of esters is 1. The topological polar surface area (TPSA) is 131 Å². The molecule has 3 fully saturated rings. The van der Waals surface area contributed by atoms with Gasteiger partial charge in [0, 0.05) is 53.5 Å². The highest BCUT2D eigenvalue weighted by Gasteiger charge is 2.70. The number of nitro benzene ring substituents is 1. The lowest BCUT2D eigenvalue weighted by atomic mass is 9.70. The molecule has 3 aromatic carbocycles. The quantitative estimate of drug-likeness (QED) is 0.185. The van der Waals surface area contributed by atoms with Crippen LogP contribution in [0.2, 0.25) is 10.0 Å². The number of fused-ring (bicyclic) bond motifs is 3. The van der Waals surface area contributed by atoms with Crippen molar-refractivity contribution in [2.75, 3.05) is 37.5 Å². The molecular weight excluding hydrogens is 654 g/mol. The van der Waals surface area contributed by atoms with Gasteiger partial charge in [0.25, 0.3) is 5.69 Å². The Morgan fingerprint density at radius 3 is 2.57 bits per heavy atom. The van der Waals surface area contributed by atoms with Crippen molar-refractivity contribution in [2.24, 2.45) is 11.8 Å². The van der Waals surface area contributed by atoms with Crippen LogP contribution in [-0.2, 0) is 19.9 Å². The standard InChI is InChI=1S/C33H29Cl2FN4O7/c1-46-26-14-24(25(40(44)45)13-19(26)31(42)47-2)38-11-10-23-27(30(38)41)28(18-4-3-5-21(35)29(18)36)33(39(23)15-16-6-7-16)20-9-8-17(34)12-22(20)37-32(33)43/h3-5,8-9,12-14,16,23,27-28H,6-7,10-11,15H2,1-2H3,(H,37,43)/t23-,27+,28-,33+/m0/s1. The predicted octanol–water partition coefficient (Wildman–Crippen LogP) is 5.91. The lowest BCUT2D eigenvalue weighted by Gasteiger charge is -2.40. The summed E-state index contributed by atoms with van der Waals surface area (Å²) in [5, 5.41) is 15.6. The number of methoxy groups -OCH3 is 2. The van der Waals surface area contributed by atoms with E-state index in [1.165, 1.54) is 30.2 Å². The van der Waals surface area contributed by atoms with E-state index in [0.29, 0.717) is 29.2 Å². The Morgan fingerprint density at radius 1 is 1.13 bits per heavy atom. The lowest BCUT2D eigenvalue weighted by molar-refractivity contribution is -0.384. The number of carbonyl (C=O) groups is 3. The van der Waals surface area contributed by atoms with Crippen LogP contribution in [0.3, 0.4) is 0 Å². The number of hydrogen-bond donors (Lipinski definition) is 1. The first-order valence-electron chi connectivity index (χ1n) is 15.1. The van der Waals surface area contributed by atoms with E-state index in [-0.39, 0.29) is 40.0 Å². The Kier molecular flexibility index (Phi) is 7.64. The Bertz CT molecular complexity index is 1870. The molecule has 7 rings (SSSR count). The van der Waals surface area contributed by atoms with Gasteiger partial charge >= 0.3 is 5.97 Å². The summed E-state index contributed by atoms with van der Waals surface area (Å²) >= 11 is 12.7. The van der Waals surface area contributed by atoms with E-state index >= 15 is 4.39 Å². The van der Waals surface area contributed by atoms with Crippen molar-refractivity contribution in [1.29, 1.82) is 0 Å². The van der Waals surface area contributed by atoms with Gasteiger partial charge in [0.1, 0.15) is 28.4 Å². The first-order chi connectivity index (χ1) is 22.5. The third kappa shape index (κ3) is 4.68. The summed E-state index contributed by atoms with van der Waals surface area (Å²) in [5.74, 6) is -4.38. The lowest BCUT2D eigenvalue weighted by Crippen LogP contribution is -2.54. The summed E-state index contributed by atoms with van der Waals surface area (Å²) in [4.78, 5) is 56.9. The minimum atomic E-state index is -1.51. The second kappa shape index (κ2) is 11.5. The predicted molar refractivity (Wildman–Crippen MR) is 171 cm³/mol. The number of amides is 2. The van der Waals surface area contributed by atoms with Crippen molar-refractivity contribution in [1.82, 2.24) is 4.90 Å². The third-order valence-corrected chi connectivity index (χ3v) is 10.4. The highest BCUT2D eigenvalue weighted by molar-refractivity contribution is 6.31. The Hall–Kier alpha value is -4.26. The fraction of sp³-hybridized carbons (Fsp3) is 0.364. The number of rotatable bonds is 7. The van der Waals surface area contributed by atoms with Crippen LogP contribution in [0, 0.1) is 27.8 Å². The van der Waals surface area contributed by atoms with E-state index in [1.54, 1.807) is 24.3 Å². The van der Waals surface area contributed by atoms with Gasteiger partial charge in [0.2, 0.25) is 11.8 Å². The molecule has 1 N–H and O–H groups in total. The van der Waals surface area contributed by atoms with Crippen LogP contribution in [0.1, 0.15) is 46.7 Å². The number of halogens is 3. The Balaban J connectivity index is 1.45. The van der Waals surface area contributed by atoms with Crippen molar-refractivity contribution in [3.63, 3.8) is 0 Å². The number of nitrogens with one attached hydrogen (secondary N) is 1. The maximum absolute atomic E-state index is 16.2. The molecule has 2 amide bonds. The van der Waals surface area contributed by atoms with Crippen molar-refractivity contribution >= 4 is 58.0 Å². The molecule has 1 aliphatic carbocycles. The van der Waals surface area contributed by atoms with Gasteiger partial charge in [0.15, 0.2) is 0 Å². The maximum Gasteiger partial charge on any atom is 0.341 e. The van der Waals surface area contributed by atoms with E-state index in [2.05, 4.69) is 10.2 Å². The van der Waals surface area contributed by atoms with Gasteiger partial charge in [-0.2, -0.15) is 0 Å². The number of ether oxygens (including phenoxy) is 2. The number of anilines is 2. The zero-order valence-electron chi connectivity index (χ0n) is 25.3. The molecule has 11 nitrogen and oxygen atoms in total. The molecule has 0 radical (unpaired) electrons. The van der Waals surface area contributed by atoms with Crippen LogP contribution < -0.4 is 15.0 Å². The molecule has 2 saturated heterocycles. The largest absolute Gasteiger partial charge is 0.496 e. The van der Waals surface area contributed by atoms with Gasteiger partial charge in [-0.1, -0.05) is 41.4 Å². The van der Waals surface area contributed by atoms with E-state index in [0.717, 1.165) is 26.0 Å². The highest BCUT2D eigenvalue weighted by Crippen LogP contribution is 2.62. The molecule has 1 saturated carbocycles. The third-order valence-electron chi connectivity index (χ3n) is 9.92. The van der Waals surface area contributed by atoms with Crippen molar-refractivity contribution < 1.29 is 33.2 Å². The molecule has 14 heteroatoms. The monoisotopic (exact) mass is 682 g/mol. The van der Waals surface area contributed by atoms with Crippen molar-refractivity contribution in [2.45, 2.75) is 36.8 Å². The zero-order chi connectivity index (χ0) is 33.4. The van der Waals surface area contributed by atoms with Gasteiger partial charge in [0.05, 0.1) is 30.1 Å². The molecular formula is C33H29Cl2FN4O7. The van der Waals surface area contributed by atoms with Gasteiger partial charge in [-0.05, 0) is 48.9 Å². The van der Waals surface area contributed by atoms with Gasteiger partial charge in [-0.25, -0.2) is 9.18 Å².